The summed E-state index contributed by atoms with van der Waals surface area (Å²) in [4.78, 5) is 20.3. The second kappa shape index (κ2) is 7.65. The number of hydrogen-bond donors (Lipinski definition) is 1. The number of carbonyl (C=O) groups excluding carboxylic acids is 1. The third-order valence-electron chi connectivity index (χ3n) is 3.07. The molecule has 2 aromatic rings. The predicted octanol–water partition coefficient (Wildman–Crippen LogP) is 3.52. The average molecular weight is 355 g/mol. The Morgan fingerprint density at radius 2 is 1.71 bits per heavy atom. The van der Waals surface area contributed by atoms with Crippen molar-refractivity contribution >= 4 is 17.7 Å². The third-order valence-corrected chi connectivity index (χ3v) is 3.91. The standard InChI is InChI=1S/C16H16F3N3OS/c1-10-7-11(2)22-15(21-10)24-9-14(23)20-8-12-3-5-13(6-4-12)16(17,18)19/h3-7H,8-9H2,1-2H3,(H,20,23). The Morgan fingerprint density at radius 1 is 1.12 bits per heavy atom. The fourth-order valence-electron chi connectivity index (χ4n) is 1.95. The molecule has 0 bridgehead atoms. The van der Waals surface area contributed by atoms with Crippen molar-refractivity contribution in [3.8, 4) is 0 Å². The van der Waals surface area contributed by atoms with Crippen molar-refractivity contribution in [2.45, 2.75) is 31.7 Å². The Hall–Kier alpha value is -2.09. The monoisotopic (exact) mass is 355 g/mol. The minimum absolute atomic E-state index is 0.142. The van der Waals surface area contributed by atoms with Crippen LogP contribution in [0.5, 0.6) is 0 Å². The quantitative estimate of drug-likeness (QED) is 0.659. The third kappa shape index (κ3) is 5.52. The van der Waals surface area contributed by atoms with Crippen molar-refractivity contribution < 1.29 is 18.0 Å². The molecule has 1 aromatic carbocycles. The maximum atomic E-state index is 12.5. The average Bonchev–Trinajstić information content (AvgIpc) is 2.49. The molecule has 1 N–H and O–H groups in total. The number of amides is 1. The van der Waals surface area contributed by atoms with Crippen LogP contribution in [0.3, 0.4) is 0 Å². The second-order valence-corrected chi connectivity index (χ2v) is 6.14. The van der Waals surface area contributed by atoms with E-state index in [4.69, 9.17) is 0 Å². The molecule has 2 rings (SSSR count). The van der Waals surface area contributed by atoms with E-state index >= 15 is 0 Å². The molecule has 0 atom stereocenters. The molecule has 0 aliphatic heterocycles. The molecule has 4 nitrogen and oxygen atoms in total. The molecule has 24 heavy (non-hydrogen) atoms. The van der Waals surface area contributed by atoms with E-state index in [2.05, 4.69) is 15.3 Å². The van der Waals surface area contributed by atoms with Crippen LogP contribution in [-0.4, -0.2) is 21.6 Å². The zero-order valence-corrected chi connectivity index (χ0v) is 14.0. The van der Waals surface area contributed by atoms with Gasteiger partial charge in [0.2, 0.25) is 5.91 Å². The van der Waals surface area contributed by atoms with Crippen molar-refractivity contribution in [2.24, 2.45) is 0 Å². The summed E-state index contributed by atoms with van der Waals surface area (Å²) in [5, 5.41) is 3.19. The molecule has 0 saturated carbocycles. The van der Waals surface area contributed by atoms with Crippen molar-refractivity contribution in [1.29, 1.82) is 0 Å². The van der Waals surface area contributed by atoms with Crippen molar-refractivity contribution in [3.63, 3.8) is 0 Å². The van der Waals surface area contributed by atoms with Crippen molar-refractivity contribution in [2.75, 3.05) is 5.75 Å². The Bertz CT molecular complexity index is 697. The molecule has 0 radical (unpaired) electrons. The summed E-state index contributed by atoms with van der Waals surface area (Å²) < 4.78 is 37.4. The summed E-state index contributed by atoms with van der Waals surface area (Å²) in [6.45, 7) is 3.87. The van der Waals surface area contributed by atoms with Crippen LogP contribution in [0.15, 0.2) is 35.5 Å². The smallest absolute Gasteiger partial charge is 0.351 e. The van der Waals surface area contributed by atoms with E-state index in [0.717, 1.165) is 23.5 Å². The van der Waals surface area contributed by atoms with E-state index in [9.17, 15) is 18.0 Å². The molecule has 0 unspecified atom stereocenters. The Morgan fingerprint density at radius 3 is 2.25 bits per heavy atom. The molecule has 1 aromatic heterocycles. The molecule has 0 fully saturated rings. The van der Waals surface area contributed by atoms with E-state index in [1.165, 1.54) is 23.9 Å². The first-order valence-electron chi connectivity index (χ1n) is 7.12. The minimum Gasteiger partial charge on any atom is -0.351 e. The molecule has 128 valence electrons. The van der Waals surface area contributed by atoms with Crippen LogP contribution < -0.4 is 5.32 Å². The number of carbonyl (C=O) groups is 1. The van der Waals surface area contributed by atoms with E-state index in [1.807, 2.05) is 19.9 Å². The predicted molar refractivity (Wildman–Crippen MR) is 85.5 cm³/mol. The number of nitrogens with zero attached hydrogens (tertiary/aromatic N) is 2. The Balaban J connectivity index is 1.82. The molecule has 1 heterocycles. The van der Waals surface area contributed by atoms with Gasteiger partial charge in [-0.25, -0.2) is 9.97 Å². The molecule has 0 aliphatic carbocycles. The molecular formula is C16H16F3N3OS. The number of rotatable bonds is 5. The molecule has 8 heteroatoms. The number of hydrogen-bond acceptors (Lipinski definition) is 4. The van der Waals surface area contributed by atoms with Crippen LogP contribution in [0.25, 0.3) is 0 Å². The van der Waals surface area contributed by atoms with Gasteiger partial charge in [-0.05, 0) is 37.6 Å². The van der Waals surface area contributed by atoms with Crippen LogP contribution in [0, 0.1) is 13.8 Å². The fraction of sp³-hybridized carbons (Fsp3) is 0.312. The Kier molecular flexibility index (Phi) is 5.82. The lowest BCUT2D eigenvalue weighted by Gasteiger charge is -2.08. The molecule has 0 aliphatic rings. The molecule has 0 spiro atoms. The molecule has 1 amide bonds. The highest BCUT2D eigenvalue weighted by Crippen LogP contribution is 2.29. The highest BCUT2D eigenvalue weighted by atomic mass is 32.2. The Labute approximate surface area is 141 Å². The first kappa shape index (κ1) is 18.3. The van der Waals surface area contributed by atoms with Crippen molar-refractivity contribution in [1.82, 2.24) is 15.3 Å². The summed E-state index contributed by atoms with van der Waals surface area (Å²) in [7, 11) is 0. The first-order valence-corrected chi connectivity index (χ1v) is 8.10. The van der Waals surface area contributed by atoms with Crippen LogP contribution in [0.1, 0.15) is 22.5 Å². The number of aromatic nitrogens is 2. The number of halogens is 3. The van der Waals surface area contributed by atoms with E-state index in [-0.39, 0.29) is 18.2 Å². The lowest BCUT2D eigenvalue weighted by molar-refractivity contribution is -0.137. The highest BCUT2D eigenvalue weighted by Gasteiger charge is 2.29. The summed E-state index contributed by atoms with van der Waals surface area (Å²) in [6.07, 6.45) is -4.36. The zero-order valence-electron chi connectivity index (χ0n) is 13.1. The lowest BCUT2D eigenvalue weighted by atomic mass is 10.1. The van der Waals surface area contributed by atoms with Crippen LogP contribution in [0.2, 0.25) is 0 Å². The van der Waals surface area contributed by atoms with E-state index in [1.54, 1.807) is 0 Å². The normalized spacial score (nSPS) is 11.4. The number of aryl methyl sites for hydroxylation is 2. The summed E-state index contributed by atoms with van der Waals surface area (Å²) in [5.41, 5.74) is 1.55. The summed E-state index contributed by atoms with van der Waals surface area (Å²) >= 11 is 1.21. The van der Waals surface area contributed by atoms with Crippen molar-refractivity contribution in [3.05, 3.63) is 52.8 Å². The maximum Gasteiger partial charge on any atom is 0.416 e. The summed E-state index contributed by atoms with van der Waals surface area (Å²) in [5.74, 6) is -0.0913. The van der Waals surface area contributed by atoms with Gasteiger partial charge >= 0.3 is 6.18 Å². The number of nitrogens with one attached hydrogen (secondary N) is 1. The van der Waals surface area contributed by atoms with E-state index in [0.29, 0.717) is 10.7 Å². The minimum atomic E-state index is -4.36. The maximum absolute atomic E-state index is 12.5. The SMILES string of the molecule is Cc1cc(C)nc(SCC(=O)NCc2ccc(C(F)(F)F)cc2)n1. The van der Waals surface area contributed by atoms with Gasteiger partial charge in [-0.2, -0.15) is 13.2 Å². The van der Waals surface area contributed by atoms with Gasteiger partial charge in [-0.3, -0.25) is 4.79 Å². The number of benzene rings is 1. The van der Waals surface area contributed by atoms with Gasteiger partial charge < -0.3 is 5.32 Å². The van der Waals surface area contributed by atoms with Crippen LogP contribution in [0.4, 0.5) is 13.2 Å². The lowest BCUT2D eigenvalue weighted by Crippen LogP contribution is -2.24. The van der Waals surface area contributed by atoms with Gasteiger partial charge in [0, 0.05) is 17.9 Å². The van der Waals surface area contributed by atoms with Gasteiger partial charge in [-0.15, -0.1) is 0 Å². The summed E-state index contributed by atoms with van der Waals surface area (Å²) in [6, 6.07) is 6.54. The number of alkyl halides is 3. The molecular weight excluding hydrogens is 339 g/mol. The topological polar surface area (TPSA) is 54.9 Å². The largest absolute Gasteiger partial charge is 0.416 e. The van der Waals surface area contributed by atoms with Crippen LogP contribution in [-0.2, 0) is 17.5 Å². The molecule has 0 saturated heterocycles. The first-order chi connectivity index (χ1) is 11.2. The van der Waals surface area contributed by atoms with E-state index < -0.39 is 11.7 Å². The van der Waals surface area contributed by atoms with Crippen LogP contribution >= 0.6 is 11.8 Å². The zero-order chi connectivity index (χ0) is 17.7. The van der Waals surface area contributed by atoms with Gasteiger partial charge in [0.1, 0.15) is 0 Å². The van der Waals surface area contributed by atoms with Gasteiger partial charge in [-0.1, -0.05) is 23.9 Å². The van der Waals surface area contributed by atoms with Gasteiger partial charge in [0.05, 0.1) is 11.3 Å². The highest BCUT2D eigenvalue weighted by molar-refractivity contribution is 7.99. The fourth-order valence-corrected chi connectivity index (χ4v) is 2.73. The number of thioether (sulfide) groups is 1. The van der Waals surface area contributed by atoms with Gasteiger partial charge in [0.25, 0.3) is 0 Å². The van der Waals surface area contributed by atoms with Gasteiger partial charge in [0.15, 0.2) is 5.16 Å². The second-order valence-electron chi connectivity index (χ2n) is 5.19.